The van der Waals surface area contributed by atoms with E-state index in [1.165, 1.54) is 24.8 Å². The van der Waals surface area contributed by atoms with E-state index in [9.17, 15) is 0 Å². The topological polar surface area (TPSA) is 0 Å². The van der Waals surface area contributed by atoms with Crippen molar-refractivity contribution < 1.29 is 13.3 Å². The molecule has 0 aliphatic heterocycles. The van der Waals surface area contributed by atoms with Gasteiger partial charge in [-0.2, -0.15) is 0 Å². The van der Waals surface area contributed by atoms with Crippen LogP contribution in [0.1, 0.15) is 81.6 Å². The molecule has 0 N–H and O–H groups in total. The van der Waals surface area contributed by atoms with Gasteiger partial charge in [0.1, 0.15) is 0 Å². The minimum absolute atomic E-state index is 0.408. The Balaban J connectivity index is 0. The molecule has 0 nitrogen and oxygen atoms in total. The predicted molar refractivity (Wildman–Crippen MR) is 108 cm³/mol. The van der Waals surface area contributed by atoms with Crippen molar-refractivity contribution in [1.82, 2.24) is 0 Å². The number of hydrogen-bond donors (Lipinski definition) is 0. The molecule has 3 heteroatoms. The van der Waals surface area contributed by atoms with Gasteiger partial charge >= 0.3 is 50.5 Å². The molecule has 0 fully saturated rings. The van der Waals surface area contributed by atoms with Crippen LogP contribution in [0.4, 0.5) is 0 Å². The van der Waals surface area contributed by atoms with Crippen LogP contribution in [0.25, 0.3) is 0 Å². The molecular formula is C17H34I3-. The molecule has 0 aliphatic carbocycles. The quantitative estimate of drug-likeness (QED) is 0.301. The molecule has 0 rings (SSSR count). The van der Waals surface area contributed by atoms with Gasteiger partial charge in [0.05, 0.1) is 0 Å². The Hall–Kier alpha value is 1.93. The molecule has 0 aliphatic rings. The summed E-state index contributed by atoms with van der Waals surface area (Å²) in [5.74, 6) is 0. The molecule has 0 radical (unpaired) electrons. The van der Waals surface area contributed by atoms with E-state index < -0.39 is 0 Å². The third kappa shape index (κ3) is 16.3. The average molecular weight is 619 g/mol. The van der Waals surface area contributed by atoms with Crippen molar-refractivity contribution >= 4 is 37.2 Å². The summed E-state index contributed by atoms with van der Waals surface area (Å²) in [6.07, 6.45) is 6.05. The van der Waals surface area contributed by atoms with Gasteiger partial charge in [-0.05, 0) is 49.4 Å². The van der Waals surface area contributed by atoms with Crippen LogP contribution in [0.5, 0.6) is 0 Å². The SMILES string of the molecule is C/C=C(/C)CC(C)(C)CC(C)(C)CC(C)(C)C.I[I-]I. The Kier molecular flexibility index (Phi) is 12.9. The van der Waals surface area contributed by atoms with E-state index in [2.05, 4.69) is 106 Å². The summed E-state index contributed by atoms with van der Waals surface area (Å²) in [7, 11) is 0. The van der Waals surface area contributed by atoms with Gasteiger partial charge in [-0.1, -0.05) is 60.1 Å². The van der Waals surface area contributed by atoms with Crippen molar-refractivity contribution in [2.75, 3.05) is 0 Å². The zero-order valence-electron chi connectivity index (χ0n) is 14.8. The van der Waals surface area contributed by atoms with Crippen LogP contribution in [-0.2, 0) is 0 Å². The molecule has 0 spiro atoms. The Morgan fingerprint density at radius 2 is 1.30 bits per heavy atom. The normalized spacial score (nSPS) is 14.1. The molecule has 20 heavy (non-hydrogen) atoms. The van der Waals surface area contributed by atoms with Gasteiger partial charge in [-0.15, -0.1) is 0 Å². The summed E-state index contributed by atoms with van der Waals surface area (Å²) in [5.41, 5.74) is 2.78. The Morgan fingerprint density at radius 1 is 0.900 bits per heavy atom. The molecule has 0 aromatic heterocycles. The van der Waals surface area contributed by atoms with Gasteiger partial charge < -0.3 is 0 Å². The van der Waals surface area contributed by atoms with Crippen molar-refractivity contribution in [1.29, 1.82) is 0 Å². The van der Waals surface area contributed by atoms with Gasteiger partial charge in [-0.25, -0.2) is 0 Å². The van der Waals surface area contributed by atoms with Crippen molar-refractivity contribution in [3.05, 3.63) is 11.6 Å². The van der Waals surface area contributed by atoms with E-state index in [1.54, 1.807) is 0 Å². The van der Waals surface area contributed by atoms with Crippen LogP contribution in [0.15, 0.2) is 11.6 Å². The molecule has 0 aromatic carbocycles. The fourth-order valence-electron chi connectivity index (χ4n) is 3.71. The molecule has 0 atom stereocenters. The average Bonchev–Trinajstić information content (AvgIpc) is 2.11. The van der Waals surface area contributed by atoms with Gasteiger partial charge in [-0.3, -0.25) is 0 Å². The van der Waals surface area contributed by atoms with E-state index in [4.69, 9.17) is 0 Å². The Bertz CT molecular complexity index is 283. The first-order valence-electron chi connectivity index (χ1n) is 7.27. The monoisotopic (exact) mass is 619 g/mol. The van der Waals surface area contributed by atoms with Crippen molar-refractivity contribution in [3.63, 3.8) is 0 Å². The van der Waals surface area contributed by atoms with Gasteiger partial charge in [0, 0.05) is 0 Å². The van der Waals surface area contributed by atoms with E-state index >= 15 is 0 Å². The fourth-order valence-corrected chi connectivity index (χ4v) is 3.71. The number of hydrogen-bond acceptors (Lipinski definition) is 0. The zero-order valence-corrected chi connectivity index (χ0v) is 21.3. The summed E-state index contributed by atoms with van der Waals surface area (Å²) in [5, 5.41) is 0. The van der Waals surface area contributed by atoms with Crippen molar-refractivity contribution in [2.45, 2.75) is 81.6 Å². The van der Waals surface area contributed by atoms with Crippen LogP contribution in [0, 0.1) is 16.2 Å². The van der Waals surface area contributed by atoms with Gasteiger partial charge in [0.25, 0.3) is 0 Å². The third-order valence-electron chi connectivity index (χ3n) is 3.22. The maximum atomic E-state index is 2.42. The molecule has 0 unspecified atom stereocenters. The Labute approximate surface area is 158 Å². The molecule has 0 heterocycles. The summed E-state index contributed by atoms with van der Waals surface area (Å²) in [6.45, 7) is 21.1. The van der Waals surface area contributed by atoms with E-state index in [0.29, 0.717) is 29.5 Å². The number of allylic oxidation sites excluding steroid dienone is 2. The van der Waals surface area contributed by atoms with Crippen LogP contribution >= 0.6 is 37.2 Å². The standard InChI is InChI=1S/C17H34.I3/c1-10-14(2)11-16(6,7)13-17(8,9)12-15(3,4)5;1-3-2/h10H,11-13H2,1-9H3;/q;-1/b14-10-;. The summed E-state index contributed by atoms with van der Waals surface area (Å²) < 4.78 is 0. The molecule has 124 valence electrons. The maximum absolute atomic E-state index is 2.42. The molecular weight excluding hydrogens is 585 g/mol. The minimum atomic E-state index is 0.408. The van der Waals surface area contributed by atoms with Crippen LogP contribution in [0.2, 0.25) is 0 Å². The molecule has 0 amide bonds. The van der Waals surface area contributed by atoms with Crippen molar-refractivity contribution in [2.24, 2.45) is 16.2 Å². The van der Waals surface area contributed by atoms with Crippen molar-refractivity contribution in [3.8, 4) is 0 Å². The molecule has 0 aromatic rings. The van der Waals surface area contributed by atoms with E-state index in [1.807, 2.05) is 0 Å². The third-order valence-corrected chi connectivity index (χ3v) is 3.22. The van der Waals surface area contributed by atoms with Gasteiger partial charge in [0.2, 0.25) is 0 Å². The van der Waals surface area contributed by atoms with E-state index in [0.717, 1.165) is 0 Å². The first-order valence-corrected chi connectivity index (χ1v) is 19.8. The Morgan fingerprint density at radius 3 is 1.60 bits per heavy atom. The second kappa shape index (κ2) is 10.7. The number of rotatable bonds is 5. The summed E-state index contributed by atoms with van der Waals surface area (Å²) >= 11 is 5.30. The predicted octanol–water partition coefficient (Wildman–Crippen LogP) is 5.00. The summed E-state index contributed by atoms with van der Waals surface area (Å²) in [6, 6.07) is 0. The molecule has 0 bridgehead atoms. The van der Waals surface area contributed by atoms with Gasteiger partial charge in [0.15, 0.2) is 0 Å². The second-order valence-corrected chi connectivity index (χ2v) is 24.9. The van der Waals surface area contributed by atoms with Crippen LogP contribution in [-0.4, -0.2) is 0 Å². The van der Waals surface area contributed by atoms with Crippen LogP contribution in [0.3, 0.4) is 0 Å². The second-order valence-electron chi connectivity index (χ2n) is 8.61. The first-order chi connectivity index (χ1) is 8.78. The van der Waals surface area contributed by atoms with E-state index in [-0.39, 0.29) is 0 Å². The number of halogens is 3. The zero-order chi connectivity index (χ0) is 16.6. The molecule has 0 saturated heterocycles. The first kappa shape index (κ1) is 24.2. The summed E-state index contributed by atoms with van der Waals surface area (Å²) in [4.78, 5) is 0. The van der Waals surface area contributed by atoms with Crippen LogP contribution < -0.4 is 13.3 Å². The fraction of sp³-hybridized carbons (Fsp3) is 0.882. The molecule has 0 saturated carbocycles.